The van der Waals surface area contributed by atoms with Crippen molar-refractivity contribution in [2.24, 2.45) is 0 Å². The molecule has 0 bridgehead atoms. The smallest absolute Gasteiger partial charge is 0.275 e. The quantitative estimate of drug-likeness (QED) is 0.742. The zero-order valence-electron chi connectivity index (χ0n) is 15.7. The number of benzene rings is 2. The highest BCUT2D eigenvalue weighted by Gasteiger charge is 2.18. The molecule has 6 nitrogen and oxygen atoms in total. The van der Waals surface area contributed by atoms with Crippen molar-refractivity contribution in [3.8, 4) is 0 Å². The molecule has 1 aliphatic heterocycles. The number of aryl methyl sites for hydroxylation is 1. The summed E-state index contributed by atoms with van der Waals surface area (Å²) in [6, 6.07) is 13.6. The zero-order chi connectivity index (χ0) is 18.8. The number of aromatic nitrogens is 2. The van der Waals surface area contributed by atoms with Crippen LogP contribution in [0.15, 0.2) is 48.7 Å². The fourth-order valence-electron chi connectivity index (χ4n) is 3.48. The Morgan fingerprint density at radius 1 is 1.11 bits per heavy atom. The van der Waals surface area contributed by atoms with Crippen molar-refractivity contribution in [2.75, 3.05) is 43.4 Å². The van der Waals surface area contributed by atoms with Gasteiger partial charge in [-0.25, -0.2) is 4.98 Å². The highest BCUT2D eigenvalue weighted by Crippen LogP contribution is 2.24. The maximum Gasteiger partial charge on any atom is 0.275 e. The number of hydrogen-bond donors (Lipinski definition) is 2. The van der Waals surface area contributed by atoms with Gasteiger partial charge in [-0.1, -0.05) is 12.1 Å². The topological polar surface area (TPSA) is 62.6 Å². The lowest BCUT2D eigenvalue weighted by molar-refractivity contribution is -0.880. The molecular weight excluding hydrogens is 338 g/mol. The Labute approximate surface area is 158 Å². The number of carbonyl (C=O) groups excluding carboxylic acids is 1. The summed E-state index contributed by atoms with van der Waals surface area (Å²) in [6.07, 6.45) is 1.52. The molecule has 138 valence electrons. The molecule has 0 unspecified atom stereocenters. The molecule has 27 heavy (non-hydrogen) atoms. The summed E-state index contributed by atoms with van der Waals surface area (Å²) >= 11 is 0. The van der Waals surface area contributed by atoms with Crippen molar-refractivity contribution in [2.45, 2.75) is 6.92 Å². The molecule has 1 aliphatic rings. The van der Waals surface area contributed by atoms with E-state index in [0.29, 0.717) is 11.2 Å². The average Bonchev–Trinajstić information content (AvgIpc) is 2.68. The molecule has 2 N–H and O–H groups in total. The summed E-state index contributed by atoms with van der Waals surface area (Å²) in [5.74, 6) is -0.247. The standard InChI is InChI=1S/C21H23N5O/c1-15-13-16(7-8-20(15)26-11-9-25(2)10-12-26)23-21(27)19-14-22-17-5-3-4-6-18(17)24-19/h3-8,13-14H,9-12H2,1-2H3,(H,23,27)/p+1. The number of fused-ring (bicyclic) bond motifs is 1. The maximum absolute atomic E-state index is 12.6. The van der Waals surface area contributed by atoms with E-state index in [9.17, 15) is 4.79 Å². The molecule has 0 aliphatic carbocycles. The number of nitrogens with zero attached hydrogens (tertiary/aromatic N) is 3. The summed E-state index contributed by atoms with van der Waals surface area (Å²) in [7, 11) is 2.23. The van der Waals surface area contributed by atoms with Crippen molar-refractivity contribution in [1.82, 2.24) is 9.97 Å². The van der Waals surface area contributed by atoms with Gasteiger partial charge >= 0.3 is 0 Å². The number of likely N-dealkylation sites (N-methyl/N-ethyl adjacent to an activating group) is 1. The third kappa shape index (κ3) is 3.75. The van der Waals surface area contributed by atoms with Gasteiger partial charge in [0.25, 0.3) is 5.91 Å². The molecule has 0 radical (unpaired) electrons. The van der Waals surface area contributed by atoms with E-state index in [4.69, 9.17) is 0 Å². The van der Waals surface area contributed by atoms with Crippen LogP contribution < -0.4 is 15.1 Å². The van der Waals surface area contributed by atoms with E-state index in [1.165, 1.54) is 11.9 Å². The summed E-state index contributed by atoms with van der Waals surface area (Å²) < 4.78 is 0. The maximum atomic E-state index is 12.6. The molecule has 2 aromatic carbocycles. The number of hydrogen-bond acceptors (Lipinski definition) is 4. The number of amides is 1. The van der Waals surface area contributed by atoms with Crippen LogP contribution in [0.1, 0.15) is 16.1 Å². The van der Waals surface area contributed by atoms with E-state index in [1.54, 1.807) is 4.90 Å². The van der Waals surface area contributed by atoms with Crippen LogP contribution in [0.25, 0.3) is 11.0 Å². The summed E-state index contributed by atoms with van der Waals surface area (Å²) in [6.45, 7) is 6.51. The van der Waals surface area contributed by atoms with Crippen LogP contribution in [-0.2, 0) is 0 Å². The molecule has 0 spiro atoms. The van der Waals surface area contributed by atoms with Crippen LogP contribution in [0, 0.1) is 6.92 Å². The van der Waals surface area contributed by atoms with Gasteiger partial charge in [0.1, 0.15) is 5.69 Å². The van der Waals surface area contributed by atoms with Gasteiger partial charge in [0, 0.05) is 11.4 Å². The molecule has 6 heteroatoms. The highest BCUT2D eigenvalue weighted by atomic mass is 16.1. The molecule has 4 rings (SSSR count). The second-order valence-electron chi connectivity index (χ2n) is 7.14. The number of anilines is 2. The monoisotopic (exact) mass is 362 g/mol. The van der Waals surface area contributed by atoms with Gasteiger partial charge in [-0.05, 0) is 42.8 Å². The fourth-order valence-corrected chi connectivity index (χ4v) is 3.48. The molecule has 1 aromatic heterocycles. The van der Waals surface area contributed by atoms with E-state index < -0.39 is 0 Å². The molecule has 0 saturated carbocycles. The number of nitrogens with one attached hydrogen (secondary N) is 2. The van der Waals surface area contributed by atoms with Gasteiger partial charge in [0.15, 0.2) is 0 Å². The van der Waals surface area contributed by atoms with Crippen LogP contribution in [0.3, 0.4) is 0 Å². The highest BCUT2D eigenvalue weighted by molar-refractivity contribution is 6.03. The molecule has 1 fully saturated rings. The first-order chi connectivity index (χ1) is 13.1. The lowest BCUT2D eigenvalue weighted by Crippen LogP contribution is -3.12. The first-order valence-corrected chi connectivity index (χ1v) is 9.30. The molecule has 0 atom stereocenters. The van der Waals surface area contributed by atoms with Crippen molar-refractivity contribution in [3.63, 3.8) is 0 Å². The van der Waals surface area contributed by atoms with Crippen LogP contribution in [0.2, 0.25) is 0 Å². The van der Waals surface area contributed by atoms with E-state index in [2.05, 4.69) is 40.2 Å². The minimum absolute atomic E-state index is 0.247. The summed E-state index contributed by atoms with van der Waals surface area (Å²) in [5, 5.41) is 2.94. The Morgan fingerprint density at radius 3 is 2.59 bits per heavy atom. The van der Waals surface area contributed by atoms with Crippen molar-refractivity contribution < 1.29 is 9.69 Å². The first-order valence-electron chi connectivity index (χ1n) is 9.30. The van der Waals surface area contributed by atoms with E-state index >= 15 is 0 Å². The molecule has 3 aromatic rings. The van der Waals surface area contributed by atoms with Gasteiger partial charge in [-0.15, -0.1) is 0 Å². The number of piperazine rings is 1. The van der Waals surface area contributed by atoms with Crippen molar-refractivity contribution in [3.05, 3.63) is 59.9 Å². The molecule has 1 saturated heterocycles. The number of carbonyl (C=O) groups is 1. The SMILES string of the molecule is Cc1cc(NC(=O)c2cnc3ccccc3n2)ccc1N1CC[NH+](C)CC1. The van der Waals surface area contributed by atoms with Crippen LogP contribution in [0.4, 0.5) is 11.4 Å². The lowest BCUT2D eigenvalue weighted by Gasteiger charge is -2.32. The zero-order valence-corrected chi connectivity index (χ0v) is 15.7. The number of quaternary nitrogens is 1. The second-order valence-corrected chi connectivity index (χ2v) is 7.14. The summed E-state index contributed by atoms with van der Waals surface area (Å²) in [5.41, 5.74) is 4.99. The van der Waals surface area contributed by atoms with E-state index in [1.807, 2.05) is 36.4 Å². The van der Waals surface area contributed by atoms with Gasteiger partial charge in [-0.2, -0.15) is 0 Å². The lowest BCUT2D eigenvalue weighted by atomic mass is 10.1. The summed E-state index contributed by atoms with van der Waals surface area (Å²) in [4.78, 5) is 25.3. The van der Waals surface area contributed by atoms with Crippen LogP contribution >= 0.6 is 0 Å². The Bertz CT molecular complexity index is 979. The first kappa shape index (κ1) is 17.4. The Morgan fingerprint density at radius 2 is 1.85 bits per heavy atom. The Hall–Kier alpha value is -2.99. The average molecular weight is 362 g/mol. The molecule has 2 heterocycles. The Kier molecular flexibility index (Phi) is 4.73. The van der Waals surface area contributed by atoms with E-state index in [-0.39, 0.29) is 5.91 Å². The van der Waals surface area contributed by atoms with Crippen LogP contribution in [-0.4, -0.2) is 49.1 Å². The van der Waals surface area contributed by atoms with Gasteiger partial charge < -0.3 is 15.1 Å². The van der Waals surface area contributed by atoms with Gasteiger partial charge in [0.05, 0.1) is 50.5 Å². The second kappa shape index (κ2) is 7.32. The minimum atomic E-state index is -0.247. The van der Waals surface area contributed by atoms with Crippen molar-refractivity contribution in [1.29, 1.82) is 0 Å². The van der Waals surface area contributed by atoms with E-state index in [0.717, 1.165) is 42.9 Å². The third-order valence-corrected chi connectivity index (χ3v) is 5.09. The number of para-hydroxylation sites is 2. The Balaban J connectivity index is 1.50. The van der Waals surface area contributed by atoms with Gasteiger partial charge in [-0.3, -0.25) is 9.78 Å². The largest absolute Gasteiger partial charge is 0.360 e. The molecular formula is C21H24N5O+. The fraction of sp³-hybridized carbons (Fsp3) is 0.286. The predicted octanol–water partition coefficient (Wildman–Crippen LogP) is 1.53. The predicted molar refractivity (Wildman–Crippen MR) is 108 cm³/mol. The van der Waals surface area contributed by atoms with Gasteiger partial charge in [0.2, 0.25) is 0 Å². The molecule has 1 amide bonds. The third-order valence-electron chi connectivity index (χ3n) is 5.09. The minimum Gasteiger partial charge on any atom is -0.360 e. The van der Waals surface area contributed by atoms with Crippen molar-refractivity contribution >= 4 is 28.3 Å². The van der Waals surface area contributed by atoms with Crippen LogP contribution in [0.5, 0.6) is 0 Å². The number of rotatable bonds is 3. The normalized spacial score (nSPS) is 15.1.